The number of hydrogen-bond acceptors (Lipinski definition) is 11. The van der Waals surface area contributed by atoms with E-state index in [1.807, 2.05) is 0 Å². The number of hydrogen-bond donors (Lipinski definition) is 4. The van der Waals surface area contributed by atoms with Gasteiger partial charge >= 0.3 is 27.6 Å². The van der Waals surface area contributed by atoms with E-state index in [4.69, 9.17) is 28.5 Å². The molecule has 0 aliphatic carbocycles. The van der Waals surface area contributed by atoms with E-state index in [1.165, 1.54) is 44.9 Å². The molecule has 312 valence electrons. The molecular weight excluding hydrogens is 730 g/mol. The van der Waals surface area contributed by atoms with Gasteiger partial charge in [-0.15, -0.1) is 0 Å². The van der Waals surface area contributed by atoms with Gasteiger partial charge in [-0.1, -0.05) is 116 Å². The molecule has 5 atom stereocenters. The molecule has 1 rings (SSSR count). The van der Waals surface area contributed by atoms with Crippen LogP contribution in [0, 0.1) is 5.92 Å². The van der Waals surface area contributed by atoms with E-state index in [1.54, 1.807) is 0 Å². The fourth-order valence-corrected chi connectivity index (χ4v) is 6.75. The van der Waals surface area contributed by atoms with Crippen LogP contribution in [0.15, 0.2) is 12.2 Å². The first kappa shape index (κ1) is 49.8. The van der Waals surface area contributed by atoms with Crippen molar-refractivity contribution in [1.29, 1.82) is 0 Å². The van der Waals surface area contributed by atoms with Gasteiger partial charge in [-0.3, -0.25) is 23.2 Å². The standard InChI is InChI=1S/C37H70O14P2/c1-4-5-6-7-13-18-23-34-35(51-34)24-19-14-11-16-21-26-37(40)50-33(30-49-53(44,45)48-28-32(38)27-47-52(41,42)43)29-46-36(39)25-20-15-10-8-9-12-17-22-31(2)3/h13,18,31-35,38H,4-12,14-17,19-30H2,1-3H3,(H,44,45)(H2,41,42,43)/b18-13-/t32-,33+,34?,35?/m0/s1. The number of carbonyl (C=O) groups is 2. The second-order valence-electron chi connectivity index (χ2n) is 14.4. The number of ether oxygens (including phenoxy) is 3. The summed E-state index contributed by atoms with van der Waals surface area (Å²) in [5, 5.41) is 9.72. The zero-order valence-corrected chi connectivity index (χ0v) is 34.3. The average molecular weight is 801 g/mol. The molecule has 16 heteroatoms. The van der Waals surface area contributed by atoms with Crippen molar-refractivity contribution >= 4 is 27.6 Å². The molecule has 1 aliphatic heterocycles. The molecule has 0 amide bonds. The van der Waals surface area contributed by atoms with Crippen molar-refractivity contribution in [3.8, 4) is 0 Å². The third-order valence-electron chi connectivity index (χ3n) is 8.75. The van der Waals surface area contributed by atoms with Crippen LogP contribution in [0.25, 0.3) is 0 Å². The highest BCUT2D eigenvalue weighted by molar-refractivity contribution is 7.47. The van der Waals surface area contributed by atoms with E-state index >= 15 is 0 Å². The molecule has 0 bridgehead atoms. The van der Waals surface area contributed by atoms with E-state index in [0.717, 1.165) is 70.1 Å². The Morgan fingerprint density at radius 3 is 1.92 bits per heavy atom. The minimum Gasteiger partial charge on any atom is -0.462 e. The Morgan fingerprint density at radius 1 is 0.698 bits per heavy atom. The maximum Gasteiger partial charge on any atom is 0.472 e. The number of carbonyl (C=O) groups excluding carboxylic acids is 2. The zero-order chi connectivity index (χ0) is 39.4. The number of epoxide rings is 1. The van der Waals surface area contributed by atoms with Crippen LogP contribution in [0.5, 0.6) is 0 Å². The molecule has 3 unspecified atom stereocenters. The molecule has 0 aromatic carbocycles. The van der Waals surface area contributed by atoms with Gasteiger partial charge in [0, 0.05) is 12.8 Å². The van der Waals surface area contributed by atoms with Gasteiger partial charge in [-0.05, 0) is 44.4 Å². The van der Waals surface area contributed by atoms with Crippen molar-refractivity contribution in [2.75, 3.05) is 26.4 Å². The summed E-state index contributed by atoms with van der Waals surface area (Å²) in [5.41, 5.74) is 0. The normalized spacial score (nSPS) is 18.3. The van der Waals surface area contributed by atoms with Crippen molar-refractivity contribution < 1.29 is 66.3 Å². The molecule has 1 heterocycles. The number of phosphoric acid groups is 2. The van der Waals surface area contributed by atoms with Gasteiger partial charge in [0.2, 0.25) is 0 Å². The SMILES string of the molecule is CCCCC/C=C\CC1OC1CCCCCCCC(=O)O[C@H](COC(=O)CCCCCCCCCC(C)C)COP(=O)(O)OC[C@@H](O)COP(=O)(O)O. The predicted octanol–water partition coefficient (Wildman–Crippen LogP) is 8.24. The monoisotopic (exact) mass is 800 g/mol. The molecule has 14 nitrogen and oxygen atoms in total. The van der Waals surface area contributed by atoms with Crippen LogP contribution < -0.4 is 0 Å². The van der Waals surface area contributed by atoms with E-state index in [9.17, 15) is 28.7 Å². The fraction of sp³-hybridized carbons (Fsp3) is 0.892. The quantitative estimate of drug-likeness (QED) is 0.0155. The van der Waals surface area contributed by atoms with Gasteiger partial charge in [0.25, 0.3) is 0 Å². The molecule has 0 radical (unpaired) electrons. The minimum absolute atomic E-state index is 0.110. The van der Waals surface area contributed by atoms with E-state index in [2.05, 4.69) is 42.0 Å². The van der Waals surface area contributed by atoms with Crippen molar-refractivity contribution in [2.24, 2.45) is 5.92 Å². The van der Waals surface area contributed by atoms with Crippen molar-refractivity contribution in [3.05, 3.63) is 12.2 Å². The van der Waals surface area contributed by atoms with Crippen LogP contribution in [0.3, 0.4) is 0 Å². The number of unbranched alkanes of at least 4 members (excludes halogenated alkanes) is 13. The highest BCUT2D eigenvalue weighted by Crippen LogP contribution is 2.44. The minimum atomic E-state index is -4.86. The summed E-state index contributed by atoms with van der Waals surface area (Å²) in [6.07, 6.45) is 22.6. The Balaban J connectivity index is 2.39. The first-order chi connectivity index (χ1) is 25.2. The first-order valence-corrected chi connectivity index (χ1v) is 22.9. The molecule has 53 heavy (non-hydrogen) atoms. The highest BCUT2D eigenvalue weighted by Gasteiger charge is 2.36. The van der Waals surface area contributed by atoms with E-state index in [0.29, 0.717) is 25.0 Å². The first-order valence-electron chi connectivity index (χ1n) is 19.9. The number of esters is 2. The third kappa shape index (κ3) is 31.7. The Bertz CT molecular complexity index is 1080. The van der Waals surface area contributed by atoms with Crippen LogP contribution in [-0.2, 0) is 46.5 Å². The van der Waals surface area contributed by atoms with Crippen LogP contribution in [0.1, 0.15) is 156 Å². The van der Waals surface area contributed by atoms with Crippen molar-refractivity contribution in [3.63, 3.8) is 0 Å². The fourth-order valence-electron chi connectivity index (χ4n) is 5.60. The van der Waals surface area contributed by atoms with Crippen LogP contribution in [0.4, 0.5) is 0 Å². The van der Waals surface area contributed by atoms with E-state index < -0.39 is 66.2 Å². The molecule has 0 aromatic heterocycles. The lowest BCUT2D eigenvalue weighted by atomic mass is 10.0. The summed E-state index contributed by atoms with van der Waals surface area (Å²) in [4.78, 5) is 52.5. The topological polar surface area (TPSA) is 208 Å². The number of allylic oxidation sites excluding steroid dienone is 1. The van der Waals surface area contributed by atoms with Gasteiger partial charge in [-0.25, -0.2) is 9.13 Å². The summed E-state index contributed by atoms with van der Waals surface area (Å²) in [7, 11) is -9.66. The molecule has 1 saturated heterocycles. The van der Waals surface area contributed by atoms with E-state index in [-0.39, 0.29) is 12.8 Å². The number of aliphatic hydroxyl groups is 1. The van der Waals surface area contributed by atoms with Gasteiger partial charge in [0.1, 0.15) is 12.7 Å². The second-order valence-corrected chi connectivity index (χ2v) is 17.1. The lowest BCUT2D eigenvalue weighted by molar-refractivity contribution is -0.161. The Kier molecular flexibility index (Phi) is 28.2. The summed E-state index contributed by atoms with van der Waals surface area (Å²) in [6, 6.07) is 0. The van der Waals surface area contributed by atoms with Gasteiger partial charge in [-0.2, -0.15) is 0 Å². The van der Waals surface area contributed by atoms with Crippen LogP contribution in [-0.4, -0.2) is 82.6 Å². The van der Waals surface area contributed by atoms with Gasteiger partial charge < -0.3 is 34.0 Å². The van der Waals surface area contributed by atoms with Gasteiger partial charge in [0.15, 0.2) is 6.10 Å². The Hall–Kier alpha value is -1.18. The summed E-state index contributed by atoms with van der Waals surface area (Å²) < 4.78 is 53.4. The molecular formula is C37H70O14P2. The number of aliphatic hydroxyl groups excluding tert-OH is 1. The Morgan fingerprint density at radius 2 is 1.28 bits per heavy atom. The van der Waals surface area contributed by atoms with Crippen molar-refractivity contribution in [2.45, 2.75) is 180 Å². The Labute approximate surface area is 317 Å². The third-order valence-corrected chi connectivity index (χ3v) is 10.2. The lowest BCUT2D eigenvalue weighted by Gasteiger charge is -2.20. The summed E-state index contributed by atoms with van der Waals surface area (Å²) >= 11 is 0. The molecule has 4 N–H and O–H groups in total. The molecule has 0 spiro atoms. The summed E-state index contributed by atoms with van der Waals surface area (Å²) in [5.74, 6) is -0.332. The maximum atomic E-state index is 12.6. The molecule has 1 fully saturated rings. The average Bonchev–Trinajstić information content (AvgIpc) is 3.85. The highest BCUT2D eigenvalue weighted by atomic mass is 31.2. The van der Waals surface area contributed by atoms with Gasteiger partial charge in [0.05, 0.1) is 32.0 Å². The zero-order valence-electron chi connectivity index (χ0n) is 32.5. The lowest BCUT2D eigenvalue weighted by Crippen LogP contribution is -2.30. The molecule has 0 aromatic rings. The number of rotatable bonds is 36. The summed E-state index contributed by atoms with van der Waals surface area (Å²) in [6.45, 7) is 3.93. The molecule has 1 aliphatic rings. The number of phosphoric ester groups is 2. The van der Waals surface area contributed by atoms with Crippen LogP contribution in [0.2, 0.25) is 0 Å². The van der Waals surface area contributed by atoms with Crippen LogP contribution >= 0.6 is 15.6 Å². The smallest absolute Gasteiger partial charge is 0.462 e. The largest absolute Gasteiger partial charge is 0.472 e. The second kappa shape index (κ2) is 30.0. The predicted molar refractivity (Wildman–Crippen MR) is 202 cm³/mol. The van der Waals surface area contributed by atoms with Crippen molar-refractivity contribution in [1.82, 2.24) is 0 Å². The molecule has 0 saturated carbocycles. The maximum absolute atomic E-state index is 12.6.